The highest BCUT2D eigenvalue weighted by Gasteiger charge is 2.26. The molecule has 0 saturated carbocycles. The maximum atomic E-state index is 11.3. The fourth-order valence-electron chi connectivity index (χ4n) is 4.02. The van der Waals surface area contributed by atoms with Crippen LogP contribution < -0.4 is 21.3 Å². The number of nitrogens with zero attached hydrogens (tertiary/aromatic N) is 5. The molecule has 3 aromatic rings. The third-order valence-corrected chi connectivity index (χ3v) is 5.82. The molecule has 0 unspecified atom stereocenters. The lowest BCUT2D eigenvalue weighted by Crippen LogP contribution is -2.29. The number of carbonyl (C=O) groups excluding carboxylic acids is 1. The number of benzene rings is 1. The van der Waals surface area contributed by atoms with Gasteiger partial charge in [-0.1, -0.05) is 23.7 Å². The van der Waals surface area contributed by atoms with E-state index in [9.17, 15) is 4.79 Å². The number of carbonyl (C=O) groups is 1. The average Bonchev–Trinajstić information content (AvgIpc) is 3.20. The Morgan fingerprint density at radius 2 is 2.12 bits per heavy atom. The van der Waals surface area contributed by atoms with Crippen molar-refractivity contribution in [2.45, 2.75) is 26.7 Å². The molecule has 4 rings (SSSR count). The first-order valence-electron chi connectivity index (χ1n) is 10.7. The van der Waals surface area contributed by atoms with Gasteiger partial charge in [-0.3, -0.25) is 4.79 Å². The van der Waals surface area contributed by atoms with Gasteiger partial charge in [-0.2, -0.15) is 15.0 Å². The molecule has 4 N–H and O–H groups in total. The topological polar surface area (TPSA) is 122 Å². The van der Waals surface area contributed by atoms with E-state index in [-0.39, 0.29) is 11.9 Å². The molecular formula is C22H27ClN8O. The smallest absolute Gasteiger partial charge is 0.227 e. The second-order valence-electron chi connectivity index (χ2n) is 8.06. The molecule has 168 valence electrons. The van der Waals surface area contributed by atoms with E-state index in [1.807, 2.05) is 18.2 Å². The predicted octanol–water partition coefficient (Wildman–Crippen LogP) is 2.58. The maximum Gasteiger partial charge on any atom is 0.227 e. The summed E-state index contributed by atoms with van der Waals surface area (Å²) in [4.78, 5) is 31.0. The van der Waals surface area contributed by atoms with Crippen LogP contribution in [0.3, 0.4) is 0 Å². The number of nitrogens with two attached hydrogens (primary N) is 1. The molecule has 32 heavy (non-hydrogen) atoms. The van der Waals surface area contributed by atoms with Crippen LogP contribution >= 0.6 is 11.6 Å². The van der Waals surface area contributed by atoms with Gasteiger partial charge in [0.05, 0.1) is 10.5 Å². The Hall–Kier alpha value is -3.20. The molecule has 1 saturated heterocycles. The number of nitrogens with one attached hydrogen (secondary N) is 2. The summed E-state index contributed by atoms with van der Waals surface area (Å²) in [6.07, 6.45) is 1.73. The molecule has 1 amide bonds. The lowest BCUT2D eigenvalue weighted by Gasteiger charge is -2.22. The quantitative estimate of drug-likeness (QED) is 0.498. The number of fused-ring (bicyclic) bond motifs is 1. The van der Waals surface area contributed by atoms with Gasteiger partial charge in [0.1, 0.15) is 11.6 Å². The first-order chi connectivity index (χ1) is 15.4. The van der Waals surface area contributed by atoms with Gasteiger partial charge in [-0.15, -0.1) is 0 Å². The summed E-state index contributed by atoms with van der Waals surface area (Å²) in [5.41, 5.74) is 7.64. The number of nitrogen functional groups attached to an aromatic ring is 1. The number of aromatic nitrogens is 4. The van der Waals surface area contributed by atoms with Gasteiger partial charge in [0.2, 0.25) is 17.8 Å². The number of rotatable bonds is 7. The largest absolute Gasteiger partial charge is 0.368 e. The zero-order valence-electron chi connectivity index (χ0n) is 18.2. The summed E-state index contributed by atoms with van der Waals surface area (Å²) < 4.78 is 0. The first kappa shape index (κ1) is 22.0. The highest BCUT2D eigenvalue weighted by atomic mass is 35.5. The van der Waals surface area contributed by atoms with Crippen molar-refractivity contribution in [3.63, 3.8) is 0 Å². The molecular weight excluding hydrogens is 428 g/mol. The normalized spacial score (nSPS) is 15.8. The monoisotopic (exact) mass is 454 g/mol. The number of pyridine rings is 1. The number of hydrogen-bond acceptors (Lipinski definition) is 8. The highest BCUT2D eigenvalue weighted by Crippen LogP contribution is 2.31. The van der Waals surface area contributed by atoms with Crippen LogP contribution in [0.1, 0.15) is 24.7 Å². The molecule has 2 aromatic heterocycles. The molecule has 1 aliphatic heterocycles. The van der Waals surface area contributed by atoms with Crippen molar-refractivity contribution in [1.29, 1.82) is 0 Å². The van der Waals surface area contributed by atoms with Crippen molar-refractivity contribution in [3.05, 3.63) is 40.7 Å². The van der Waals surface area contributed by atoms with Crippen LogP contribution in [0.4, 0.5) is 17.7 Å². The van der Waals surface area contributed by atoms with E-state index >= 15 is 0 Å². The Morgan fingerprint density at radius 3 is 2.91 bits per heavy atom. The molecule has 0 bridgehead atoms. The van der Waals surface area contributed by atoms with Crippen molar-refractivity contribution < 1.29 is 4.79 Å². The standard InChI is InChI=1S/C22H27ClN8O/c1-13-27-21(24)30-22(28-13)25-8-6-17-10-16-4-3-5-18(23)19(16)29-20(17)31-9-7-15(12-31)11-26-14(2)32/h3-5,10,15H,6-9,11-12H2,1-2H3,(H,26,32)(H3,24,25,27,28,30)/t15-/m1/s1. The minimum atomic E-state index is 0.0000275. The van der Waals surface area contributed by atoms with E-state index in [0.717, 1.165) is 48.2 Å². The number of anilines is 3. The van der Waals surface area contributed by atoms with Crippen molar-refractivity contribution in [3.8, 4) is 0 Å². The maximum absolute atomic E-state index is 11.3. The number of hydrogen-bond donors (Lipinski definition) is 3. The van der Waals surface area contributed by atoms with Gasteiger partial charge in [0.25, 0.3) is 0 Å². The van der Waals surface area contributed by atoms with Crippen molar-refractivity contribution >= 4 is 46.1 Å². The third kappa shape index (κ3) is 5.16. The number of aryl methyl sites for hydroxylation is 1. The van der Waals surface area contributed by atoms with Crippen LogP contribution in [0.25, 0.3) is 10.9 Å². The van der Waals surface area contributed by atoms with Crippen molar-refractivity contribution in [1.82, 2.24) is 25.3 Å². The summed E-state index contributed by atoms with van der Waals surface area (Å²) in [6, 6.07) is 7.97. The Labute approximate surface area is 191 Å². The minimum absolute atomic E-state index is 0.0000275. The highest BCUT2D eigenvalue weighted by molar-refractivity contribution is 6.35. The van der Waals surface area contributed by atoms with Crippen LogP contribution in [0, 0.1) is 12.8 Å². The Kier molecular flexibility index (Phi) is 6.55. The number of halogens is 1. The van der Waals surface area contributed by atoms with Gasteiger partial charge < -0.3 is 21.3 Å². The summed E-state index contributed by atoms with van der Waals surface area (Å²) in [5, 5.41) is 7.80. The zero-order valence-corrected chi connectivity index (χ0v) is 19.0. The molecule has 0 spiro atoms. The fourth-order valence-corrected chi connectivity index (χ4v) is 4.25. The van der Waals surface area contributed by atoms with E-state index in [1.54, 1.807) is 13.8 Å². The zero-order chi connectivity index (χ0) is 22.7. The second-order valence-corrected chi connectivity index (χ2v) is 8.47. The minimum Gasteiger partial charge on any atom is -0.368 e. The van der Waals surface area contributed by atoms with Gasteiger partial charge in [0.15, 0.2) is 0 Å². The molecule has 9 nitrogen and oxygen atoms in total. The molecule has 0 radical (unpaired) electrons. The Morgan fingerprint density at radius 1 is 1.28 bits per heavy atom. The first-order valence-corrected chi connectivity index (χ1v) is 11.1. The van der Waals surface area contributed by atoms with Crippen LogP contribution in [0.15, 0.2) is 24.3 Å². The third-order valence-electron chi connectivity index (χ3n) is 5.52. The molecule has 1 fully saturated rings. The van der Waals surface area contributed by atoms with Gasteiger partial charge >= 0.3 is 0 Å². The van der Waals surface area contributed by atoms with Crippen LogP contribution in [-0.2, 0) is 11.2 Å². The second kappa shape index (κ2) is 9.52. The Balaban J connectivity index is 1.55. The van der Waals surface area contributed by atoms with Crippen LogP contribution in [0.5, 0.6) is 0 Å². The molecule has 1 aliphatic rings. The van der Waals surface area contributed by atoms with Crippen molar-refractivity contribution in [2.24, 2.45) is 5.92 Å². The molecule has 1 aromatic carbocycles. The lowest BCUT2D eigenvalue weighted by atomic mass is 10.1. The lowest BCUT2D eigenvalue weighted by molar-refractivity contribution is -0.119. The summed E-state index contributed by atoms with van der Waals surface area (Å²) in [5.74, 6) is 2.56. The number of amides is 1. The predicted molar refractivity (Wildman–Crippen MR) is 127 cm³/mol. The van der Waals surface area contributed by atoms with Crippen molar-refractivity contribution in [2.75, 3.05) is 42.1 Å². The van der Waals surface area contributed by atoms with E-state index in [4.69, 9.17) is 22.3 Å². The van der Waals surface area contributed by atoms with Gasteiger partial charge in [-0.05, 0) is 43.4 Å². The summed E-state index contributed by atoms with van der Waals surface area (Å²) in [6.45, 7) is 6.35. The summed E-state index contributed by atoms with van der Waals surface area (Å²) in [7, 11) is 0. The van der Waals surface area contributed by atoms with E-state index < -0.39 is 0 Å². The number of para-hydroxylation sites is 1. The molecule has 0 aliphatic carbocycles. The van der Waals surface area contributed by atoms with E-state index in [1.165, 1.54) is 0 Å². The summed E-state index contributed by atoms with van der Waals surface area (Å²) >= 11 is 6.44. The SMILES string of the molecule is CC(=O)NC[C@H]1CCN(c2nc3c(Cl)cccc3cc2CCNc2nc(C)nc(N)n2)C1. The van der Waals surface area contributed by atoms with E-state index in [0.29, 0.717) is 35.8 Å². The van der Waals surface area contributed by atoms with E-state index in [2.05, 4.69) is 36.6 Å². The average molecular weight is 455 g/mol. The molecule has 10 heteroatoms. The van der Waals surface area contributed by atoms with Crippen LogP contribution in [0.2, 0.25) is 5.02 Å². The van der Waals surface area contributed by atoms with Crippen LogP contribution in [-0.4, -0.2) is 52.0 Å². The Bertz CT molecular complexity index is 1120. The molecule has 3 heterocycles. The fraction of sp³-hybridized carbons (Fsp3) is 0.409. The molecule has 1 atom stereocenters. The van der Waals surface area contributed by atoms with Gasteiger partial charge in [-0.25, -0.2) is 4.98 Å². The van der Waals surface area contributed by atoms with Gasteiger partial charge in [0, 0.05) is 38.5 Å².